The minimum Gasteiger partial charge on any atom is -0.328 e. The number of nitrogens with two attached hydrogens (primary N) is 1. The van der Waals surface area contributed by atoms with E-state index >= 15 is 0 Å². The zero-order valence-corrected chi connectivity index (χ0v) is 10.7. The maximum Gasteiger partial charge on any atom is 0.00361 e. The number of hydrogen-bond donors (Lipinski definition) is 1. The van der Waals surface area contributed by atoms with E-state index in [1.54, 1.807) is 0 Å². The Kier molecular flexibility index (Phi) is 7.26. The molecule has 0 spiro atoms. The highest BCUT2D eigenvalue weighted by Gasteiger charge is 2.15. The second-order valence-corrected chi connectivity index (χ2v) is 5.21. The molecule has 14 heavy (non-hydrogen) atoms. The van der Waals surface area contributed by atoms with Crippen molar-refractivity contribution in [3.8, 4) is 0 Å². The Labute approximate surface area is 90.5 Å². The van der Waals surface area contributed by atoms with Crippen molar-refractivity contribution in [3.05, 3.63) is 0 Å². The lowest BCUT2D eigenvalue weighted by Crippen LogP contribution is -2.25. The first-order chi connectivity index (χ1) is 6.49. The van der Waals surface area contributed by atoms with Gasteiger partial charge in [0.1, 0.15) is 0 Å². The maximum atomic E-state index is 5.87. The van der Waals surface area contributed by atoms with Gasteiger partial charge in [-0.2, -0.15) is 0 Å². The van der Waals surface area contributed by atoms with Crippen LogP contribution >= 0.6 is 0 Å². The van der Waals surface area contributed by atoms with Crippen LogP contribution in [-0.2, 0) is 0 Å². The van der Waals surface area contributed by atoms with Gasteiger partial charge in [0.2, 0.25) is 0 Å². The number of hydrogen-bond acceptors (Lipinski definition) is 1. The van der Waals surface area contributed by atoms with Gasteiger partial charge < -0.3 is 5.73 Å². The minimum absolute atomic E-state index is 0.351. The van der Waals surface area contributed by atoms with Crippen LogP contribution in [0.25, 0.3) is 0 Å². The van der Waals surface area contributed by atoms with E-state index < -0.39 is 0 Å². The van der Waals surface area contributed by atoms with Gasteiger partial charge in [0.25, 0.3) is 0 Å². The zero-order chi connectivity index (χ0) is 11.1. The largest absolute Gasteiger partial charge is 0.328 e. The molecule has 0 fully saturated rings. The summed E-state index contributed by atoms with van der Waals surface area (Å²) in [6.45, 7) is 11.4. The van der Waals surface area contributed by atoms with Crippen molar-refractivity contribution >= 4 is 0 Å². The van der Waals surface area contributed by atoms with Crippen LogP contribution in [0.4, 0.5) is 0 Å². The van der Waals surface area contributed by atoms with Gasteiger partial charge in [-0.25, -0.2) is 0 Å². The molecule has 86 valence electrons. The predicted octanol–water partition coefficient (Wildman–Crippen LogP) is 3.82. The molecule has 0 heterocycles. The van der Waals surface area contributed by atoms with Crippen LogP contribution in [0.2, 0.25) is 0 Å². The molecule has 0 aliphatic carbocycles. The quantitative estimate of drug-likeness (QED) is 0.662. The third-order valence-electron chi connectivity index (χ3n) is 3.49. The summed E-state index contributed by atoms with van der Waals surface area (Å²) in [6.07, 6.45) is 5.34. The fourth-order valence-electron chi connectivity index (χ4n) is 1.92. The monoisotopic (exact) mass is 199 g/mol. The van der Waals surface area contributed by atoms with E-state index in [0.29, 0.717) is 12.0 Å². The fraction of sp³-hybridized carbons (Fsp3) is 1.00. The summed E-state index contributed by atoms with van der Waals surface area (Å²) in [5.41, 5.74) is 5.87. The maximum absolute atomic E-state index is 5.87. The molecular formula is C13H29N. The van der Waals surface area contributed by atoms with Gasteiger partial charge in [0, 0.05) is 6.04 Å². The molecule has 1 heteroatoms. The summed E-state index contributed by atoms with van der Waals surface area (Å²) in [5.74, 6) is 2.41. The Hall–Kier alpha value is -0.0400. The molecule has 0 saturated heterocycles. The molecule has 0 aromatic rings. The molecule has 0 aromatic carbocycles. The first-order valence-corrected chi connectivity index (χ1v) is 6.24. The lowest BCUT2D eigenvalue weighted by Gasteiger charge is -2.23. The van der Waals surface area contributed by atoms with Crippen LogP contribution in [0.5, 0.6) is 0 Å². The Bertz CT molecular complexity index is 129. The smallest absolute Gasteiger partial charge is 0.00361 e. The zero-order valence-electron chi connectivity index (χ0n) is 10.7. The molecule has 0 saturated carbocycles. The van der Waals surface area contributed by atoms with Crippen molar-refractivity contribution in [2.75, 3.05) is 0 Å². The first kappa shape index (κ1) is 14.0. The normalized spacial score (nSPS) is 18.2. The average molecular weight is 199 g/mol. The molecule has 1 nitrogen and oxygen atoms in total. The molecule has 0 rings (SSSR count). The second kappa shape index (κ2) is 7.28. The van der Waals surface area contributed by atoms with E-state index in [9.17, 15) is 0 Å². The van der Waals surface area contributed by atoms with E-state index in [-0.39, 0.29) is 0 Å². The van der Waals surface area contributed by atoms with Gasteiger partial charge in [-0.05, 0) is 37.5 Å². The van der Waals surface area contributed by atoms with Crippen molar-refractivity contribution < 1.29 is 0 Å². The Morgan fingerprint density at radius 1 is 0.929 bits per heavy atom. The lowest BCUT2D eigenvalue weighted by atomic mass is 9.84. The summed E-state index contributed by atoms with van der Waals surface area (Å²) < 4.78 is 0. The molecule has 2 N–H and O–H groups in total. The summed E-state index contributed by atoms with van der Waals surface area (Å²) in [6, 6.07) is 0.351. The van der Waals surface area contributed by atoms with Crippen LogP contribution in [0, 0.1) is 17.8 Å². The van der Waals surface area contributed by atoms with E-state index in [4.69, 9.17) is 5.73 Å². The second-order valence-electron chi connectivity index (χ2n) is 5.21. The van der Waals surface area contributed by atoms with Gasteiger partial charge >= 0.3 is 0 Å². The molecular weight excluding hydrogens is 170 g/mol. The van der Waals surface area contributed by atoms with Gasteiger partial charge in [-0.3, -0.25) is 0 Å². The van der Waals surface area contributed by atoms with Gasteiger partial charge in [0.15, 0.2) is 0 Å². The summed E-state index contributed by atoms with van der Waals surface area (Å²) in [7, 11) is 0. The van der Waals surface area contributed by atoms with Crippen molar-refractivity contribution in [3.63, 3.8) is 0 Å². The highest BCUT2D eigenvalue weighted by atomic mass is 14.6. The van der Waals surface area contributed by atoms with E-state index in [2.05, 4.69) is 34.6 Å². The van der Waals surface area contributed by atoms with Crippen LogP contribution in [-0.4, -0.2) is 6.04 Å². The van der Waals surface area contributed by atoms with E-state index in [1.165, 1.54) is 25.7 Å². The molecule has 0 amide bonds. The summed E-state index contributed by atoms with van der Waals surface area (Å²) in [5, 5.41) is 0. The van der Waals surface area contributed by atoms with E-state index in [0.717, 1.165) is 11.8 Å². The van der Waals surface area contributed by atoms with Gasteiger partial charge in [0.05, 0.1) is 0 Å². The topological polar surface area (TPSA) is 26.0 Å². The molecule has 0 radical (unpaired) electrons. The van der Waals surface area contributed by atoms with Crippen molar-refractivity contribution in [2.24, 2.45) is 23.5 Å². The van der Waals surface area contributed by atoms with Crippen molar-refractivity contribution in [2.45, 2.75) is 66.3 Å². The molecule has 0 aliphatic rings. The summed E-state index contributed by atoms with van der Waals surface area (Å²) >= 11 is 0. The molecule has 0 bridgehead atoms. The Morgan fingerprint density at radius 2 is 1.50 bits per heavy atom. The van der Waals surface area contributed by atoms with Crippen LogP contribution in [0.15, 0.2) is 0 Å². The molecule has 3 unspecified atom stereocenters. The minimum atomic E-state index is 0.351. The predicted molar refractivity (Wildman–Crippen MR) is 65.3 cm³/mol. The Balaban J connectivity index is 3.81. The van der Waals surface area contributed by atoms with E-state index in [1.807, 2.05) is 0 Å². The Morgan fingerprint density at radius 3 is 1.86 bits per heavy atom. The SMILES string of the molecule is CCCC(CCC(C)C(C)N)C(C)C. The standard InChI is InChI=1S/C13H29N/c1-6-7-13(10(2)3)9-8-11(4)12(5)14/h10-13H,6-9,14H2,1-5H3. The third kappa shape index (κ3) is 5.64. The third-order valence-corrected chi connectivity index (χ3v) is 3.49. The van der Waals surface area contributed by atoms with Crippen molar-refractivity contribution in [1.82, 2.24) is 0 Å². The van der Waals surface area contributed by atoms with Crippen molar-refractivity contribution in [1.29, 1.82) is 0 Å². The van der Waals surface area contributed by atoms with Crippen LogP contribution in [0.1, 0.15) is 60.3 Å². The number of rotatable bonds is 7. The highest BCUT2D eigenvalue weighted by Crippen LogP contribution is 2.25. The van der Waals surface area contributed by atoms with Crippen LogP contribution in [0.3, 0.4) is 0 Å². The fourth-order valence-corrected chi connectivity index (χ4v) is 1.92. The molecule has 3 atom stereocenters. The molecule has 0 aliphatic heterocycles. The van der Waals surface area contributed by atoms with Gasteiger partial charge in [-0.1, -0.05) is 40.5 Å². The average Bonchev–Trinajstić information content (AvgIpc) is 2.10. The summed E-state index contributed by atoms with van der Waals surface area (Å²) in [4.78, 5) is 0. The highest BCUT2D eigenvalue weighted by molar-refractivity contribution is 4.68. The first-order valence-electron chi connectivity index (χ1n) is 6.24. The lowest BCUT2D eigenvalue weighted by molar-refractivity contribution is 0.295. The molecule has 0 aromatic heterocycles. The van der Waals surface area contributed by atoms with Gasteiger partial charge in [-0.15, -0.1) is 0 Å². The van der Waals surface area contributed by atoms with Crippen LogP contribution < -0.4 is 5.73 Å².